The van der Waals surface area contributed by atoms with Gasteiger partial charge in [0.05, 0.1) is 0 Å². The molecule has 0 aromatic carbocycles. The van der Waals surface area contributed by atoms with E-state index in [0.29, 0.717) is 0 Å². The second-order valence-electron chi connectivity index (χ2n) is 5.54. The molecule has 18 heavy (non-hydrogen) atoms. The van der Waals surface area contributed by atoms with Gasteiger partial charge < -0.3 is 10.2 Å². The molecule has 0 aromatic rings. The van der Waals surface area contributed by atoms with Crippen molar-refractivity contribution >= 4 is 0 Å². The molecule has 0 amide bonds. The molecule has 2 rings (SSSR count). The lowest BCUT2D eigenvalue weighted by molar-refractivity contribution is 0.157. The van der Waals surface area contributed by atoms with Crippen LogP contribution in [0.5, 0.6) is 0 Å². The predicted octanol–water partition coefficient (Wildman–Crippen LogP) is 1.71. The summed E-state index contributed by atoms with van der Waals surface area (Å²) in [6, 6.07) is 0.808. The molecule has 2 aliphatic heterocycles. The van der Waals surface area contributed by atoms with Crippen LogP contribution in [-0.2, 0) is 0 Å². The number of likely N-dealkylation sites (tertiary alicyclic amines) is 1. The van der Waals surface area contributed by atoms with Gasteiger partial charge in [-0.3, -0.25) is 4.90 Å². The molecule has 3 heteroatoms. The van der Waals surface area contributed by atoms with Crippen molar-refractivity contribution in [3.05, 3.63) is 12.2 Å². The Kier molecular flexibility index (Phi) is 6.18. The van der Waals surface area contributed by atoms with Crippen LogP contribution in [0, 0.1) is 0 Å². The highest BCUT2D eigenvalue weighted by Gasteiger charge is 2.19. The van der Waals surface area contributed by atoms with Gasteiger partial charge in [0.25, 0.3) is 0 Å². The third-order valence-electron chi connectivity index (χ3n) is 4.30. The average molecular weight is 251 g/mol. The van der Waals surface area contributed by atoms with Crippen LogP contribution in [-0.4, -0.2) is 61.7 Å². The third kappa shape index (κ3) is 4.38. The first-order chi connectivity index (χ1) is 8.90. The minimum Gasteiger partial charge on any atom is -0.314 e. The van der Waals surface area contributed by atoms with Crippen molar-refractivity contribution < 1.29 is 0 Å². The van der Waals surface area contributed by atoms with Gasteiger partial charge in [0, 0.05) is 38.8 Å². The van der Waals surface area contributed by atoms with Gasteiger partial charge in [-0.25, -0.2) is 0 Å². The lowest BCUT2D eigenvalue weighted by Gasteiger charge is -2.34. The average Bonchev–Trinajstić information content (AvgIpc) is 2.45. The maximum atomic E-state index is 3.40. The number of nitrogens with zero attached hydrogens (tertiary/aromatic N) is 2. The summed E-state index contributed by atoms with van der Waals surface area (Å²) >= 11 is 0. The van der Waals surface area contributed by atoms with E-state index < -0.39 is 0 Å². The van der Waals surface area contributed by atoms with E-state index in [0.717, 1.165) is 25.7 Å². The SMILES string of the molecule is CCN1CCCCC1C/C=C\CN1CCNCC1. The largest absolute Gasteiger partial charge is 0.314 e. The molecule has 0 aliphatic carbocycles. The Morgan fingerprint density at radius 1 is 1.11 bits per heavy atom. The summed E-state index contributed by atoms with van der Waals surface area (Å²) in [6.45, 7) is 10.7. The fourth-order valence-corrected chi connectivity index (χ4v) is 3.11. The standard InChI is InChI=1S/C15H29N3/c1-2-18-12-6-4-8-15(18)7-3-5-11-17-13-9-16-10-14-17/h3,5,15-16H,2,4,6-14H2,1H3/b5-3-. The Balaban J connectivity index is 1.66. The Morgan fingerprint density at radius 3 is 2.72 bits per heavy atom. The maximum Gasteiger partial charge on any atom is 0.0164 e. The lowest BCUT2D eigenvalue weighted by Crippen LogP contribution is -2.43. The summed E-state index contributed by atoms with van der Waals surface area (Å²) < 4.78 is 0. The highest BCUT2D eigenvalue weighted by Crippen LogP contribution is 2.19. The zero-order valence-electron chi connectivity index (χ0n) is 11.9. The molecule has 1 N–H and O–H groups in total. The molecule has 0 radical (unpaired) electrons. The zero-order chi connectivity index (χ0) is 12.6. The molecule has 0 saturated carbocycles. The van der Waals surface area contributed by atoms with Crippen molar-refractivity contribution in [2.45, 2.75) is 38.6 Å². The van der Waals surface area contributed by atoms with Gasteiger partial charge in [0.15, 0.2) is 0 Å². The molecule has 0 spiro atoms. The molecular weight excluding hydrogens is 222 g/mol. The van der Waals surface area contributed by atoms with Crippen LogP contribution in [0.4, 0.5) is 0 Å². The molecule has 3 nitrogen and oxygen atoms in total. The second kappa shape index (κ2) is 7.93. The minimum atomic E-state index is 0.808. The number of hydrogen-bond acceptors (Lipinski definition) is 3. The van der Waals surface area contributed by atoms with Crippen LogP contribution >= 0.6 is 0 Å². The van der Waals surface area contributed by atoms with Crippen LogP contribution < -0.4 is 5.32 Å². The summed E-state index contributed by atoms with van der Waals surface area (Å²) in [4.78, 5) is 5.18. The summed E-state index contributed by atoms with van der Waals surface area (Å²) in [5.41, 5.74) is 0. The van der Waals surface area contributed by atoms with Crippen LogP contribution in [0.2, 0.25) is 0 Å². The highest BCUT2D eigenvalue weighted by atomic mass is 15.2. The smallest absolute Gasteiger partial charge is 0.0164 e. The number of hydrogen-bond donors (Lipinski definition) is 1. The zero-order valence-corrected chi connectivity index (χ0v) is 11.9. The third-order valence-corrected chi connectivity index (χ3v) is 4.30. The second-order valence-corrected chi connectivity index (χ2v) is 5.54. The van der Waals surface area contributed by atoms with E-state index in [1.54, 1.807) is 0 Å². The lowest BCUT2D eigenvalue weighted by atomic mass is 9.99. The van der Waals surface area contributed by atoms with E-state index in [1.807, 2.05) is 0 Å². The number of piperazine rings is 1. The monoisotopic (exact) mass is 251 g/mol. The molecule has 0 bridgehead atoms. The van der Waals surface area contributed by atoms with Crippen molar-refractivity contribution in [1.82, 2.24) is 15.1 Å². The Morgan fingerprint density at radius 2 is 1.94 bits per heavy atom. The van der Waals surface area contributed by atoms with Gasteiger partial charge >= 0.3 is 0 Å². The Hall–Kier alpha value is -0.380. The first-order valence-corrected chi connectivity index (χ1v) is 7.72. The van der Waals surface area contributed by atoms with E-state index in [9.17, 15) is 0 Å². The normalized spacial score (nSPS) is 27.9. The van der Waals surface area contributed by atoms with Crippen molar-refractivity contribution in [1.29, 1.82) is 0 Å². The van der Waals surface area contributed by atoms with E-state index >= 15 is 0 Å². The fourth-order valence-electron chi connectivity index (χ4n) is 3.11. The summed E-state index contributed by atoms with van der Waals surface area (Å²) in [5.74, 6) is 0. The van der Waals surface area contributed by atoms with Gasteiger partial charge in [-0.1, -0.05) is 25.5 Å². The first kappa shape index (κ1) is 14.0. The number of rotatable bonds is 5. The van der Waals surface area contributed by atoms with E-state index in [-0.39, 0.29) is 0 Å². The van der Waals surface area contributed by atoms with Crippen LogP contribution in [0.3, 0.4) is 0 Å². The van der Waals surface area contributed by atoms with Crippen molar-refractivity contribution in [2.75, 3.05) is 45.8 Å². The topological polar surface area (TPSA) is 18.5 Å². The molecule has 104 valence electrons. The molecule has 1 atom stereocenters. The molecule has 0 aromatic heterocycles. The molecular formula is C15H29N3. The van der Waals surface area contributed by atoms with Crippen LogP contribution in [0.15, 0.2) is 12.2 Å². The van der Waals surface area contributed by atoms with E-state index in [4.69, 9.17) is 0 Å². The van der Waals surface area contributed by atoms with E-state index in [1.165, 1.54) is 51.9 Å². The van der Waals surface area contributed by atoms with Crippen molar-refractivity contribution in [3.8, 4) is 0 Å². The van der Waals surface area contributed by atoms with Gasteiger partial charge in [-0.2, -0.15) is 0 Å². The number of piperidine rings is 1. The first-order valence-electron chi connectivity index (χ1n) is 7.72. The molecule has 1 unspecified atom stereocenters. The van der Waals surface area contributed by atoms with Gasteiger partial charge in [-0.15, -0.1) is 0 Å². The molecule has 2 heterocycles. The summed E-state index contributed by atoms with van der Waals surface area (Å²) in [6.07, 6.45) is 10.3. The van der Waals surface area contributed by atoms with Gasteiger partial charge in [0.1, 0.15) is 0 Å². The Bertz CT molecular complexity index is 246. The van der Waals surface area contributed by atoms with E-state index in [2.05, 4.69) is 34.2 Å². The minimum absolute atomic E-state index is 0.808. The van der Waals surface area contributed by atoms with Crippen LogP contribution in [0.1, 0.15) is 32.6 Å². The molecule has 2 saturated heterocycles. The highest BCUT2D eigenvalue weighted by molar-refractivity contribution is 4.91. The molecule has 2 aliphatic rings. The van der Waals surface area contributed by atoms with Crippen molar-refractivity contribution in [3.63, 3.8) is 0 Å². The maximum absolute atomic E-state index is 3.40. The van der Waals surface area contributed by atoms with Crippen LogP contribution in [0.25, 0.3) is 0 Å². The summed E-state index contributed by atoms with van der Waals surface area (Å²) in [5, 5.41) is 3.40. The predicted molar refractivity (Wildman–Crippen MR) is 78.0 cm³/mol. The van der Waals surface area contributed by atoms with Crippen molar-refractivity contribution in [2.24, 2.45) is 0 Å². The fraction of sp³-hybridized carbons (Fsp3) is 0.867. The van der Waals surface area contributed by atoms with Gasteiger partial charge in [-0.05, 0) is 32.4 Å². The molecule has 2 fully saturated rings. The summed E-state index contributed by atoms with van der Waals surface area (Å²) in [7, 11) is 0. The Labute approximate surface area is 112 Å². The number of nitrogens with one attached hydrogen (secondary N) is 1. The van der Waals surface area contributed by atoms with Gasteiger partial charge in [0.2, 0.25) is 0 Å². The quantitative estimate of drug-likeness (QED) is 0.751.